The van der Waals surface area contributed by atoms with Gasteiger partial charge in [-0.2, -0.15) is 10.1 Å². The van der Waals surface area contributed by atoms with Gasteiger partial charge in [-0.05, 0) is 40.5 Å². The molecule has 0 saturated carbocycles. The lowest BCUT2D eigenvalue weighted by Gasteiger charge is -2.25. The summed E-state index contributed by atoms with van der Waals surface area (Å²) in [7, 11) is 0. The zero-order valence-electron chi connectivity index (χ0n) is 14.3. The zero-order valence-corrected chi connectivity index (χ0v) is 14.3. The number of likely N-dealkylation sites (N-methyl/N-ethyl adjacent to an activating group) is 1. The number of nitrogens with one attached hydrogen (secondary N) is 1. The van der Waals surface area contributed by atoms with Crippen molar-refractivity contribution < 1.29 is 4.74 Å². The largest absolute Gasteiger partial charge is 0.376 e. The molecule has 3 rings (SSSR count). The van der Waals surface area contributed by atoms with Crippen LogP contribution in [0, 0.1) is 0 Å². The highest BCUT2D eigenvalue weighted by atomic mass is 16.5. The third-order valence-corrected chi connectivity index (χ3v) is 4.19. The van der Waals surface area contributed by atoms with E-state index in [0.717, 1.165) is 32.5 Å². The van der Waals surface area contributed by atoms with E-state index < -0.39 is 0 Å². The van der Waals surface area contributed by atoms with Crippen molar-refractivity contribution >= 4 is 17.0 Å². The van der Waals surface area contributed by atoms with E-state index in [-0.39, 0.29) is 17.2 Å². The summed E-state index contributed by atoms with van der Waals surface area (Å²) in [6.45, 7) is 10.5. The first kappa shape index (κ1) is 16.0. The van der Waals surface area contributed by atoms with Gasteiger partial charge in [0, 0.05) is 19.7 Å². The van der Waals surface area contributed by atoms with Crippen LogP contribution in [0.4, 0.5) is 5.95 Å². The molecule has 0 aromatic carbocycles. The molecule has 0 bridgehead atoms. The molecule has 0 spiro atoms. The maximum Gasteiger partial charge on any atom is 0.263 e. The lowest BCUT2D eigenvalue weighted by Crippen LogP contribution is -2.34. The van der Waals surface area contributed by atoms with Gasteiger partial charge in [-0.1, -0.05) is 0 Å². The summed E-state index contributed by atoms with van der Waals surface area (Å²) in [4.78, 5) is 22.0. The first-order chi connectivity index (χ1) is 10.9. The van der Waals surface area contributed by atoms with Crippen LogP contribution in [0.1, 0.15) is 40.5 Å². The molecule has 1 saturated heterocycles. The molecule has 23 heavy (non-hydrogen) atoms. The highest BCUT2D eigenvalue weighted by molar-refractivity contribution is 5.74. The maximum atomic E-state index is 12.4. The standard InChI is InChI=1S/C16H25N5O2/c1-5-20(10-11-7-6-8-23-11)15-18-13-12(14(22)19-15)9-17-21(13)16(2,3)4/h9,11H,5-8,10H2,1-4H3,(H,18,19,22). The van der Waals surface area contributed by atoms with Crippen molar-refractivity contribution in [3.05, 3.63) is 16.6 Å². The zero-order chi connectivity index (χ0) is 16.6. The number of rotatable bonds is 4. The van der Waals surface area contributed by atoms with Gasteiger partial charge < -0.3 is 9.64 Å². The van der Waals surface area contributed by atoms with Crippen molar-refractivity contribution in [2.24, 2.45) is 0 Å². The first-order valence-corrected chi connectivity index (χ1v) is 8.25. The van der Waals surface area contributed by atoms with Gasteiger partial charge in [0.25, 0.3) is 5.56 Å². The molecule has 0 radical (unpaired) electrons. The molecule has 1 unspecified atom stereocenters. The number of aromatic amines is 1. The SMILES string of the molecule is CCN(CC1CCCO1)c1nc2c(cnn2C(C)(C)C)c(=O)[nH]1. The second kappa shape index (κ2) is 5.96. The van der Waals surface area contributed by atoms with Gasteiger partial charge >= 0.3 is 0 Å². The Kier molecular flexibility index (Phi) is 4.14. The Balaban J connectivity index is 2.01. The summed E-state index contributed by atoms with van der Waals surface area (Å²) >= 11 is 0. The van der Waals surface area contributed by atoms with E-state index >= 15 is 0 Å². The van der Waals surface area contributed by atoms with Crippen LogP contribution in [0.5, 0.6) is 0 Å². The smallest absolute Gasteiger partial charge is 0.263 e. The number of hydrogen-bond donors (Lipinski definition) is 1. The van der Waals surface area contributed by atoms with Gasteiger partial charge in [-0.25, -0.2) is 4.68 Å². The normalized spacial score (nSPS) is 18.7. The van der Waals surface area contributed by atoms with Crippen molar-refractivity contribution in [3.63, 3.8) is 0 Å². The van der Waals surface area contributed by atoms with Crippen LogP contribution in [0.15, 0.2) is 11.0 Å². The number of nitrogens with zero attached hydrogens (tertiary/aromatic N) is 4. The number of anilines is 1. The fourth-order valence-electron chi connectivity index (χ4n) is 2.95. The van der Waals surface area contributed by atoms with E-state index in [1.807, 2.05) is 20.8 Å². The Bertz CT molecular complexity index is 737. The second-order valence-corrected chi connectivity index (χ2v) is 7.03. The van der Waals surface area contributed by atoms with Gasteiger partial charge in [-0.3, -0.25) is 9.78 Å². The Hall–Kier alpha value is -1.89. The van der Waals surface area contributed by atoms with Gasteiger partial charge in [0.1, 0.15) is 5.39 Å². The third kappa shape index (κ3) is 3.10. The number of fused-ring (bicyclic) bond motifs is 1. The molecule has 1 N–H and O–H groups in total. The van der Waals surface area contributed by atoms with Gasteiger partial charge in [0.05, 0.1) is 17.8 Å². The van der Waals surface area contributed by atoms with Gasteiger partial charge in [-0.15, -0.1) is 0 Å². The predicted molar refractivity (Wildman–Crippen MR) is 90.0 cm³/mol. The molecule has 1 aliphatic heterocycles. The maximum absolute atomic E-state index is 12.4. The molecule has 3 heterocycles. The molecular formula is C16H25N5O2. The summed E-state index contributed by atoms with van der Waals surface area (Å²) in [5, 5.41) is 4.87. The lowest BCUT2D eigenvalue weighted by atomic mass is 10.1. The van der Waals surface area contributed by atoms with E-state index in [4.69, 9.17) is 9.72 Å². The van der Waals surface area contributed by atoms with E-state index in [0.29, 0.717) is 17.0 Å². The van der Waals surface area contributed by atoms with Crippen molar-refractivity contribution in [1.82, 2.24) is 19.7 Å². The number of H-pyrrole nitrogens is 1. The van der Waals surface area contributed by atoms with Crippen LogP contribution >= 0.6 is 0 Å². The number of ether oxygens (including phenoxy) is 1. The lowest BCUT2D eigenvalue weighted by molar-refractivity contribution is 0.115. The molecule has 7 heteroatoms. The second-order valence-electron chi connectivity index (χ2n) is 7.03. The van der Waals surface area contributed by atoms with Gasteiger partial charge in [0.2, 0.25) is 5.95 Å². The number of hydrogen-bond acceptors (Lipinski definition) is 5. The molecule has 0 amide bonds. The fraction of sp³-hybridized carbons (Fsp3) is 0.688. The van der Waals surface area contributed by atoms with E-state index in [1.165, 1.54) is 0 Å². The van der Waals surface area contributed by atoms with E-state index in [2.05, 4.69) is 21.9 Å². The van der Waals surface area contributed by atoms with Crippen LogP contribution in [0.3, 0.4) is 0 Å². The minimum Gasteiger partial charge on any atom is -0.376 e. The Labute approximate surface area is 135 Å². The van der Waals surface area contributed by atoms with Crippen LogP contribution < -0.4 is 10.5 Å². The summed E-state index contributed by atoms with van der Waals surface area (Å²) in [6, 6.07) is 0. The molecule has 2 aromatic rings. The molecular weight excluding hydrogens is 294 g/mol. The molecule has 0 aliphatic carbocycles. The minimum atomic E-state index is -0.231. The van der Waals surface area contributed by atoms with E-state index in [9.17, 15) is 4.79 Å². The van der Waals surface area contributed by atoms with Gasteiger partial charge in [0.15, 0.2) is 5.65 Å². The van der Waals surface area contributed by atoms with Crippen LogP contribution in [0.25, 0.3) is 11.0 Å². The van der Waals surface area contributed by atoms with Crippen molar-refractivity contribution in [2.75, 3.05) is 24.6 Å². The quantitative estimate of drug-likeness (QED) is 0.931. The van der Waals surface area contributed by atoms with Crippen LogP contribution in [-0.2, 0) is 10.3 Å². The fourth-order valence-corrected chi connectivity index (χ4v) is 2.95. The van der Waals surface area contributed by atoms with Crippen molar-refractivity contribution in [1.29, 1.82) is 0 Å². The molecule has 2 aromatic heterocycles. The van der Waals surface area contributed by atoms with Crippen LogP contribution in [-0.4, -0.2) is 45.5 Å². The summed E-state index contributed by atoms with van der Waals surface area (Å²) < 4.78 is 7.51. The Morgan fingerprint density at radius 2 is 2.26 bits per heavy atom. The molecule has 1 atom stereocenters. The topological polar surface area (TPSA) is 76.0 Å². The predicted octanol–water partition coefficient (Wildman–Crippen LogP) is 1.88. The summed E-state index contributed by atoms with van der Waals surface area (Å²) in [6.07, 6.45) is 3.96. The minimum absolute atomic E-state index is 0.147. The van der Waals surface area contributed by atoms with E-state index in [1.54, 1.807) is 10.9 Å². The third-order valence-electron chi connectivity index (χ3n) is 4.19. The van der Waals surface area contributed by atoms with Crippen molar-refractivity contribution in [2.45, 2.75) is 52.2 Å². The van der Waals surface area contributed by atoms with Crippen LogP contribution in [0.2, 0.25) is 0 Å². The highest BCUT2D eigenvalue weighted by Crippen LogP contribution is 2.21. The summed E-state index contributed by atoms with van der Waals surface area (Å²) in [5.74, 6) is 0.589. The molecule has 7 nitrogen and oxygen atoms in total. The first-order valence-electron chi connectivity index (χ1n) is 8.25. The monoisotopic (exact) mass is 319 g/mol. The Morgan fingerprint density at radius 1 is 1.48 bits per heavy atom. The molecule has 1 fully saturated rings. The number of aromatic nitrogens is 4. The molecule has 1 aliphatic rings. The Morgan fingerprint density at radius 3 is 2.87 bits per heavy atom. The average molecular weight is 319 g/mol. The average Bonchev–Trinajstić information content (AvgIpc) is 3.13. The van der Waals surface area contributed by atoms with Crippen molar-refractivity contribution in [3.8, 4) is 0 Å². The summed E-state index contributed by atoms with van der Waals surface area (Å²) in [5.41, 5.74) is 0.249. The molecule has 126 valence electrons. The highest BCUT2D eigenvalue weighted by Gasteiger charge is 2.23.